The number of rotatable bonds is 3. The molecule has 2 atom stereocenters. The quantitative estimate of drug-likeness (QED) is 0.851. The number of carbonyl (C=O) groups is 2. The Morgan fingerprint density at radius 2 is 2.09 bits per heavy atom. The van der Waals surface area contributed by atoms with Gasteiger partial charge in [-0.15, -0.1) is 0 Å². The Morgan fingerprint density at radius 1 is 1.36 bits per heavy atom. The van der Waals surface area contributed by atoms with E-state index in [1.807, 2.05) is 31.2 Å². The molecule has 0 bridgehead atoms. The summed E-state index contributed by atoms with van der Waals surface area (Å²) in [5.41, 5.74) is 2.50. The number of para-hydroxylation sites is 1. The second-order valence-corrected chi connectivity index (χ2v) is 6.16. The first-order valence-corrected chi connectivity index (χ1v) is 7.39. The largest absolute Gasteiger partial charge is 0.468 e. The Kier molecular flexibility index (Phi) is 3.53. The summed E-state index contributed by atoms with van der Waals surface area (Å²) in [6.45, 7) is 3.52. The van der Waals surface area contributed by atoms with Gasteiger partial charge in [0.15, 0.2) is 0 Å². The van der Waals surface area contributed by atoms with Crippen molar-refractivity contribution in [2.45, 2.75) is 38.3 Å². The number of ketones is 1. The van der Waals surface area contributed by atoms with Crippen molar-refractivity contribution in [3.8, 4) is 0 Å². The van der Waals surface area contributed by atoms with E-state index >= 15 is 0 Å². The van der Waals surface area contributed by atoms with Crippen molar-refractivity contribution in [1.82, 2.24) is 10.3 Å². The predicted octanol–water partition coefficient (Wildman–Crippen LogP) is 2.05. The van der Waals surface area contributed by atoms with Crippen LogP contribution in [0.2, 0.25) is 0 Å². The van der Waals surface area contributed by atoms with Crippen molar-refractivity contribution < 1.29 is 14.3 Å². The minimum Gasteiger partial charge on any atom is -0.468 e. The lowest BCUT2D eigenvalue weighted by molar-refractivity contribution is -0.144. The summed E-state index contributed by atoms with van der Waals surface area (Å²) in [5, 5.41) is 4.40. The zero-order valence-corrected chi connectivity index (χ0v) is 13.0. The average molecular weight is 300 g/mol. The van der Waals surface area contributed by atoms with Gasteiger partial charge in [-0.2, -0.15) is 0 Å². The molecule has 0 spiro atoms. The summed E-state index contributed by atoms with van der Waals surface area (Å²) in [7, 11) is 1.39. The Bertz CT molecular complexity index is 749. The standard InChI is InChI=1S/C17H20N2O3/c1-10(20)9-17(2)15-12(8-14(19-17)16(21)22-3)11-6-4-5-7-13(11)18-15/h4-7,14,18-19H,8-9H2,1-3H3. The van der Waals surface area contributed by atoms with Crippen molar-refractivity contribution >= 4 is 22.7 Å². The van der Waals surface area contributed by atoms with Crippen LogP contribution in [0.5, 0.6) is 0 Å². The van der Waals surface area contributed by atoms with Crippen LogP contribution in [0.1, 0.15) is 31.5 Å². The van der Waals surface area contributed by atoms with Crippen LogP contribution in [0.3, 0.4) is 0 Å². The van der Waals surface area contributed by atoms with E-state index in [2.05, 4.69) is 10.3 Å². The number of methoxy groups -OCH3 is 1. The van der Waals surface area contributed by atoms with E-state index in [0.29, 0.717) is 12.8 Å². The number of hydrogen-bond donors (Lipinski definition) is 2. The number of Topliss-reactive ketones (excluding diaryl/α,β-unsaturated/α-hetero) is 1. The molecule has 0 amide bonds. The van der Waals surface area contributed by atoms with E-state index in [9.17, 15) is 9.59 Å². The number of ether oxygens (including phenoxy) is 1. The van der Waals surface area contributed by atoms with Gasteiger partial charge in [0, 0.05) is 29.4 Å². The van der Waals surface area contributed by atoms with E-state index in [1.165, 1.54) is 7.11 Å². The molecule has 0 aliphatic carbocycles. The summed E-state index contributed by atoms with van der Waals surface area (Å²) >= 11 is 0. The SMILES string of the molecule is COC(=O)C1Cc2c([nH]c3ccccc23)C(C)(CC(C)=O)N1. The van der Waals surface area contributed by atoms with Crippen molar-refractivity contribution in [3.05, 3.63) is 35.5 Å². The molecule has 0 saturated heterocycles. The molecule has 3 rings (SSSR count). The number of aromatic nitrogens is 1. The molecule has 0 fully saturated rings. The molecular formula is C17H20N2O3. The van der Waals surface area contributed by atoms with E-state index in [1.54, 1.807) is 6.92 Å². The highest BCUT2D eigenvalue weighted by Crippen LogP contribution is 2.37. The third-order valence-corrected chi connectivity index (χ3v) is 4.35. The minimum atomic E-state index is -0.600. The normalized spacial score (nSPS) is 24.0. The molecule has 2 N–H and O–H groups in total. The van der Waals surface area contributed by atoms with Gasteiger partial charge >= 0.3 is 5.97 Å². The maximum Gasteiger partial charge on any atom is 0.323 e. The van der Waals surface area contributed by atoms with Gasteiger partial charge in [-0.1, -0.05) is 18.2 Å². The Labute approximate surface area is 129 Å². The zero-order chi connectivity index (χ0) is 15.9. The number of H-pyrrole nitrogens is 1. The van der Waals surface area contributed by atoms with Gasteiger partial charge in [-0.05, 0) is 25.5 Å². The lowest BCUT2D eigenvalue weighted by Crippen LogP contribution is -2.55. The van der Waals surface area contributed by atoms with Crippen molar-refractivity contribution in [3.63, 3.8) is 0 Å². The molecule has 2 unspecified atom stereocenters. The van der Waals surface area contributed by atoms with Crippen LogP contribution >= 0.6 is 0 Å². The molecule has 0 radical (unpaired) electrons. The van der Waals surface area contributed by atoms with E-state index < -0.39 is 11.6 Å². The lowest BCUT2D eigenvalue weighted by atomic mass is 9.82. The maximum absolute atomic E-state index is 12.0. The van der Waals surface area contributed by atoms with Crippen molar-refractivity contribution in [2.75, 3.05) is 7.11 Å². The Hall–Kier alpha value is -2.14. The first kappa shape index (κ1) is 14.8. The van der Waals surface area contributed by atoms with E-state index in [4.69, 9.17) is 4.74 Å². The van der Waals surface area contributed by atoms with Gasteiger partial charge in [-0.3, -0.25) is 14.9 Å². The molecule has 2 heterocycles. The summed E-state index contributed by atoms with van der Waals surface area (Å²) in [6.07, 6.45) is 0.875. The molecular weight excluding hydrogens is 280 g/mol. The molecule has 1 aromatic heterocycles. The fourth-order valence-electron chi connectivity index (χ4n) is 3.52. The molecule has 2 aromatic rings. The number of carbonyl (C=O) groups excluding carboxylic acids is 2. The van der Waals surface area contributed by atoms with Crippen LogP contribution in [0.25, 0.3) is 10.9 Å². The Morgan fingerprint density at radius 3 is 2.77 bits per heavy atom. The molecule has 1 aromatic carbocycles. The number of aromatic amines is 1. The molecule has 5 nitrogen and oxygen atoms in total. The van der Waals surface area contributed by atoms with E-state index in [-0.39, 0.29) is 11.8 Å². The number of esters is 1. The van der Waals surface area contributed by atoms with Gasteiger partial charge in [0.25, 0.3) is 0 Å². The molecule has 1 aliphatic rings. The topological polar surface area (TPSA) is 71.2 Å². The molecule has 5 heteroatoms. The zero-order valence-electron chi connectivity index (χ0n) is 13.0. The second-order valence-electron chi connectivity index (χ2n) is 6.16. The summed E-state index contributed by atoms with van der Waals surface area (Å²) < 4.78 is 4.90. The highest BCUT2D eigenvalue weighted by atomic mass is 16.5. The summed E-state index contributed by atoms with van der Waals surface area (Å²) in [5.74, 6) is -0.226. The highest BCUT2D eigenvalue weighted by Gasteiger charge is 2.41. The highest BCUT2D eigenvalue weighted by molar-refractivity contribution is 5.88. The number of benzene rings is 1. The summed E-state index contributed by atoms with van der Waals surface area (Å²) in [6, 6.07) is 7.56. The van der Waals surface area contributed by atoms with E-state index in [0.717, 1.165) is 22.2 Å². The third-order valence-electron chi connectivity index (χ3n) is 4.35. The van der Waals surface area contributed by atoms with Crippen LogP contribution in [0.15, 0.2) is 24.3 Å². The lowest BCUT2D eigenvalue weighted by Gasteiger charge is -2.38. The van der Waals surface area contributed by atoms with Crippen molar-refractivity contribution in [2.24, 2.45) is 0 Å². The van der Waals surface area contributed by atoms with Crippen molar-refractivity contribution in [1.29, 1.82) is 0 Å². The second kappa shape index (κ2) is 5.25. The molecule has 1 aliphatic heterocycles. The van der Waals surface area contributed by atoms with Crippen LogP contribution in [-0.4, -0.2) is 29.9 Å². The molecule has 116 valence electrons. The van der Waals surface area contributed by atoms with Crippen LogP contribution in [-0.2, 0) is 26.3 Å². The molecule has 22 heavy (non-hydrogen) atoms. The Balaban J connectivity index is 2.16. The van der Waals surface area contributed by atoms with Gasteiger partial charge in [-0.25, -0.2) is 0 Å². The molecule has 0 saturated carbocycles. The average Bonchev–Trinajstić information content (AvgIpc) is 2.85. The smallest absolute Gasteiger partial charge is 0.323 e. The van der Waals surface area contributed by atoms with Gasteiger partial charge < -0.3 is 9.72 Å². The number of fused-ring (bicyclic) bond motifs is 3. The number of hydrogen-bond acceptors (Lipinski definition) is 4. The predicted molar refractivity (Wildman–Crippen MR) is 83.6 cm³/mol. The summed E-state index contributed by atoms with van der Waals surface area (Å²) in [4.78, 5) is 27.2. The fraction of sp³-hybridized carbons (Fsp3) is 0.412. The maximum atomic E-state index is 12.0. The van der Waals surface area contributed by atoms with Crippen LogP contribution < -0.4 is 5.32 Å². The number of nitrogens with one attached hydrogen (secondary N) is 2. The van der Waals surface area contributed by atoms with Crippen LogP contribution in [0.4, 0.5) is 0 Å². The van der Waals surface area contributed by atoms with Gasteiger partial charge in [0.1, 0.15) is 11.8 Å². The monoisotopic (exact) mass is 300 g/mol. The fourth-order valence-corrected chi connectivity index (χ4v) is 3.52. The first-order valence-electron chi connectivity index (χ1n) is 7.39. The minimum absolute atomic E-state index is 0.0742. The van der Waals surface area contributed by atoms with Crippen LogP contribution in [0, 0.1) is 0 Å². The third kappa shape index (κ3) is 2.31. The van der Waals surface area contributed by atoms with Gasteiger partial charge in [0.2, 0.25) is 0 Å². The first-order chi connectivity index (χ1) is 10.4. The van der Waals surface area contributed by atoms with Gasteiger partial charge in [0.05, 0.1) is 12.6 Å².